The number of thioether (sulfide) groups is 1. The summed E-state index contributed by atoms with van der Waals surface area (Å²) in [5, 5.41) is 10.8. The number of rotatable bonds is 9. The van der Waals surface area contributed by atoms with Gasteiger partial charge in [0.15, 0.2) is 0 Å². The van der Waals surface area contributed by atoms with Gasteiger partial charge in [-0.15, -0.1) is 0 Å². The number of benzene rings is 1. The van der Waals surface area contributed by atoms with Gasteiger partial charge in [-0.1, -0.05) is 53.7 Å². The Labute approximate surface area is 169 Å². The minimum Gasteiger partial charge on any atom is -0.507 e. The summed E-state index contributed by atoms with van der Waals surface area (Å²) in [4.78, 5) is 12.0. The second-order valence-corrected chi connectivity index (χ2v) is 10.1. The van der Waals surface area contributed by atoms with Crippen LogP contribution in [0.1, 0.15) is 64.7 Å². The third kappa shape index (κ3) is 8.14. The highest BCUT2D eigenvalue weighted by Crippen LogP contribution is 2.39. The molecular formula is C22H36O4S. The average Bonchev–Trinajstić information content (AvgIpc) is 2.54. The average molecular weight is 397 g/mol. The summed E-state index contributed by atoms with van der Waals surface area (Å²) in [5.41, 5.74) is 2.58. The van der Waals surface area contributed by atoms with Crippen molar-refractivity contribution in [2.75, 3.05) is 31.8 Å². The first-order chi connectivity index (χ1) is 12.5. The van der Waals surface area contributed by atoms with Crippen LogP contribution in [-0.2, 0) is 31.5 Å². The van der Waals surface area contributed by atoms with Crippen LogP contribution in [0, 0.1) is 0 Å². The van der Waals surface area contributed by atoms with Crippen LogP contribution in [-0.4, -0.2) is 42.9 Å². The fourth-order valence-electron chi connectivity index (χ4n) is 2.76. The van der Waals surface area contributed by atoms with E-state index in [2.05, 4.69) is 41.5 Å². The summed E-state index contributed by atoms with van der Waals surface area (Å²) in [6.07, 6.45) is 0.961. The van der Waals surface area contributed by atoms with Crippen molar-refractivity contribution < 1.29 is 19.4 Å². The Bertz CT molecular complexity index is 577. The quantitative estimate of drug-likeness (QED) is 0.478. The van der Waals surface area contributed by atoms with Crippen LogP contribution in [0.5, 0.6) is 5.75 Å². The molecule has 0 bridgehead atoms. The lowest BCUT2D eigenvalue weighted by atomic mass is 9.78. The highest BCUT2D eigenvalue weighted by Gasteiger charge is 2.26. The summed E-state index contributed by atoms with van der Waals surface area (Å²) < 4.78 is 10.3. The summed E-state index contributed by atoms with van der Waals surface area (Å²) in [6, 6.07) is 4.05. The van der Waals surface area contributed by atoms with E-state index in [4.69, 9.17) is 9.47 Å². The second kappa shape index (κ2) is 10.4. The standard InChI is InChI=1S/C22H36O4S/c1-21(2,3)17-14-16(15-18(20(17)24)22(4,5)6)8-9-19(23)26-11-13-27-12-10-25-7/h14-15,24H,8-13H2,1-7H3. The van der Waals surface area contributed by atoms with Gasteiger partial charge in [-0.2, -0.15) is 11.8 Å². The first-order valence-electron chi connectivity index (χ1n) is 9.56. The maximum Gasteiger partial charge on any atom is 0.306 e. The van der Waals surface area contributed by atoms with Crippen LogP contribution in [0.15, 0.2) is 12.1 Å². The van der Waals surface area contributed by atoms with Gasteiger partial charge in [-0.3, -0.25) is 4.79 Å². The van der Waals surface area contributed by atoms with Gasteiger partial charge in [0.25, 0.3) is 0 Å². The number of aromatic hydroxyl groups is 1. The minimum atomic E-state index is -0.176. The Morgan fingerprint density at radius 3 is 2.00 bits per heavy atom. The lowest BCUT2D eigenvalue weighted by Crippen LogP contribution is -2.18. The van der Waals surface area contributed by atoms with Crippen molar-refractivity contribution in [3.05, 3.63) is 28.8 Å². The van der Waals surface area contributed by atoms with E-state index in [9.17, 15) is 9.90 Å². The second-order valence-electron chi connectivity index (χ2n) is 8.87. The molecule has 5 heteroatoms. The van der Waals surface area contributed by atoms with Gasteiger partial charge in [-0.25, -0.2) is 0 Å². The molecule has 0 radical (unpaired) electrons. The zero-order chi connectivity index (χ0) is 20.7. The Balaban J connectivity index is 2.73. The molecule has 0 saturated carbocycles. The molecule has 0 fully saturated rings. The lowest BCUT2D eigenvalue weighted by Gasteiger charge is -2.28. The van der Waals surface area contributed by atoms with Crippen LogP contribution in [0.3, 0.4) is 0 Å². The van der Waals surface area contributed by atoms with Crippen molar-refractivity contribution in [1.29, 1.82) is 0 Å². The molecular weight excluding hydrogens is 360 g/mol. The molecule has 0 amide bonds. The van der Waals surface area contributed by atoms with Gasteiger partial charge in [0, 0.05) is 25.0 Å². The maximum atomic E-state index is 12.0. The smallest absolute Gasteiger partial charge is 0.306 e. The van der Waals surface area contributed by atoms with Crippen molar-refractivity contribution in [1.82, 2.24) is 0 Å². The first-order valence-corrected chi connectivity index (χ1v) is 10.7. The first kappa shape index (κ1) is 23.8. The maximum absolute atomic E-state index is 12.0. The summed E-state index contributed by atoms with van der Waals surface area (Å²) in [6.45, 7) is 13.7. The Morgan fingerprint density at radius 2 is 1.52 bits per heavy atom. The number of phenolic OH excluding ortho intramolecular Hbond substituents is 1. The van der Waals surface area contributed by atoms with E-state index in [1.165, 1.54) is 0 Å². The lowest BCUT2D eigenvalue weighted by molar-refractivity contribution is -0.142. The fourth-order valence-corrected chi connectivity index (χ4v) is 3.45. The van der Waals surface area contributed by atoms with Crippen LogP contribution in [0.4, 0.5) is 0 Å². The molecule has 1 aromatic carbocycles. The molecule has 1 rings (SSSR count). The Morgan fingerprint density at radius 1 is 1.00 bits per heavy atom. The van der Waals surface area contributed by atoms with Gasteiger partial charge in [0.05, 0.1) is 6.61 Å². The number of carbonyl (C=O) groups excluding carboxylic acids is 1. The zero-order valence-corrected chi connectivity index (χ0v) is 18.8. The number of methoxy groups -OCH3 is 1. The highest BCUT2D eigenvalue weighted by molar-refractivity contribution is 7.99. The van der Waals surface area contributed by atoms with Gasteiger partial charge < -0.3 is 14.6 Å². The van der Waals surface area contributed by atoms with Crippen LogP contribution < -0.4 is 0 Å². The van der Waals surface area contributed by atoms with Gasteiger partial charge in [0.1, 0.15) is 12.4 Å². The van der Waals surface area contributed by atoms with E-state index < -0.39 is 0 Å². The van der Waals surface area contributed by atoms with Crippen LogP contribution in [0.25, 0.3) is 0 Å². The summed E-state index contributed by atoms with van der Waals surface area (Å²) >= 11 is 1.72. The third-order valence-electron chi connectivity index (χ3n) is 4.33. The molecule has 0 heterocycles. The van der Waals surface area contributed by atoms with Crippen LogP contribution in [0.2, 0.25) is 0 Å². The zero-order valence-electron chi connectivity index (χ0n) is 18.0. The number of phenols is 1. The van der Waals surface area contributed by atoms with Crippen molar-refractivity contribution >= 4 is 17.7 Å². The van der Waals surface area contributed by atoms with Crippen molar-refractivity contribution in [3.63, 3.8) is 0 Å². The molecule has 0 saturated heterocycles. The number of ether oxygens (including phenoxy) is 2. The Hall–Kier alpha value is -1.20. The number of hydrogen-bond acceptors (Lipinski definition) is 5. The Kier molecular flexibility index (Phi) is 9.16. The normalized spacial score (nSPS) is 12.3. The predicted octanol–water partition coefficient (Wildman–Crippen LogP) is 4.84. The number of aryl methyl sites for hydroxylation is 1. The number of carbonyl (C=O) groups is 1. The molecule has 154 valence electrons. The predicted molar refractivity (Wildman–Crippen MR) is 114 cm³/mol. The van der Waals surface area contributed by atoms with Gasteiger partial charge in [0.2, 0.25) is 0 Å². The highest BCUT2D eigenvalue weighted by atomic mass is 32.2. The number of hydrogen-bond donors (Lipinski definition) is 1. The number of esters is 1. The van der Waals surface area contributed by atoms with Crippen molar-refractivity contribution in [2.45, 2.75) is 65.2 Å². The van der Waals surface area contributed by atoms with E-state index in [0.717, 1.165) is 28.2 Å². The van der Waals surface area contributed by atoms with E-state index >= 15 is 0 Å². The largest absolute Gasteiger partial charge is 0.507 e. The van der Waals surface area contributed by atoms with Gasteiger partial charge in [-0.05, 0) is 33.9 Å². The molecule has 0 unspecified atom stereocenters. The van der Waals surface area contributed by atoms with E-state index in [1.807, 2.05) is 12.1 Å². The molecule has 1 N–H and O–H groups in total. The molecule has 0 aromatic heterocycles. The van der Waals surface area contributed by atoms with Crippen molar-refractivity contribution in [3.8, 4) is 5.75 Å². The molecule has 0 atom stereocenters. The van der Waals surface area contributed by atoms with E-state index in [1.54, 1.807) is 18.9 Å². The third-order valence-corrected chi connectivity index (χ3v) is 5.24. The fraction of sp³-hybridized carbons (Fsp3) is 0.682. The minimum absolute atomic E-state index is 0.167. The SMILES string of the molecule is COCCSCCOC(=O)CCc1cc(C(C)(C)C)c(O)c(C(C)(C)C)c1. The molecule has 0 aliphatic carbocycles. The van der Waals surface area contributed by atoms with Crippen LogP contribution >= 0.6 is 11.8 Å². The summed E-state index contributed by atoms with van der Waals surface area (Å²) in [5.74, 6) is 1.89. The van der Waals surface area contributed by atoms with Crippen molar-refractivity contribution in [2.24, 2.45) is 0 Å². The molecule has 1 aromatic rings. The molecule has 0 aliphatic heterocycles. The molecule has 0 aliphatic rings. The summed E-state index contributed by atoms with van der Waals surface area (Å²) in [7, 11) is 1.68. The van der Waals surface area contributed by atoms with E-state index in [0.29, 0.717) is 31.8 Å². The molecule has 0 spiro atoms. The van der Waals surface area contributed by atoms with E-state index in [-0.39, 0.29) is 16.8 Å². The molecule has 27 heavy (non-hydrogen) atoms. The molecule has 4 nitrogen and oxygen atoms in total. The van der Waals surface area contributed by atoms with Gasteiger partial charge >= 0.3 is 5.97 Å². The topological polar surface area (TPSA) is 55.8 Å². The monoisotopic (exact) mass is 396 g/mol.